The standard InChI is InChI=1S/C12H16N2O3/c13-6-10-7-14(3-4-15-10)9-1-2-11-12(5-9)17-8-16-11/h1-2,5,10H,3-4,6-8,13H2. The van der Waals surface area contributed by atoms with Gasteiger partial charge in [-0.25, -0.2) is 0 Å². The highest BCUT2D eigenvalue weighted by Crippen LogP contribution is 2.35. The lowest BCUT2D eigenvalue weighted by atomic mass is 10.2. The van der Waals surface area contributed by atoms with Crippen molar-refractivity contribution < 1.29 is 14.2 Å². The molecule has 1 saturated heterocycles. The van der Waals surface area contributed by atoms with E-state index in [2.05, 4.69) is 4.90 Å². The van der Waals surface area contributed by atoms with Gasteiger partial charge in [0.25, 0.3) is 0 Å². The first-order valence-electron chi connectivity index (χ1n) is 5.83. The Morgan fingerprint density at radius 1 is 1.29 bits per heavy atom. The zero-order valence-electron chi connectivity index (χ0n) is 9.59. The van der Waals surface area contributed by atoms with Crippen molar-refractivity contribution in [2.75, 3.05) is 37.9 Å². The van der Waals surface area contributed by atoms with Crippen LogP contribution in [0.15, 0.2) is 18.2 Å². The van der Waals surface area contributed by atoms with Crippen LogP contribution in [-0.4, -0.2) is 39.1 Å². The minimum absolute atomic E-state index is 0.120. The smallest absolute Gasteiger partial charge is 0.231 e. The van der Waals surface area contributed by atoms with Crippen molar-refractivity contribution in [3.8, 4) is 11.5 Å². The highest BCUT2D eigenvalue weighted by molar-refractivity contribution is 5.57. The fourth-order valence-electron chi connectivity index (χ4n) is 2.18. The molecule has 0 amide bonds. The third-order valence-corrected chi connectivity index (χ3v) is 3.12. The minimum Gasteiger partial charge on any atom is -0.454 e. The first-order chi connectivity index (χ1) is 8.36. The molecular formula is C12H16N2O3. The Morgan fingerprint density at radius 3 is 3.06 bits per heavy atom. The summed E-state index contributed by atoms with van der Waals surface area (Å²) in [6.45, 7) is 3.30. The van der Waals surface area contributed by atoms with Gasteiger partial charge >= 0.3 is 0 Å². The lowest BCUT2D eigenvalue weighted by Gasteiger charge is -2.34. The van der Waals surface area contributed by atoms with Crippen LogP contribution in [-0.2, 0) is 4.74 Å². The SMILES string of the molecule is NCC1CN(c2ccc3c(c2)OCO3)CCO1. The highest BCUT2D eigenvalue weighted by Gasteiger charge is 2.21. The number of ether oxygens (including phenoxy) is 3. The molecule has 3 rings (SSSR count). The molecule has 5 nitrogen and oxygen atoms in total. The summed E-state index contributed by atoms with van der Waals surface area (Å²) in [4.78, 5) is 2.27. The van der Waals surface area contributed by atoms with E-state index in [1.54, 1.807) is 0 Å². The maximum Gasteiger partial charge on any atom is 0.231 e. The molecule has 1 aromatic carbocycles. The summed E-state index contributed by atoms with van der Waals surface area (Å²) in [5.41, 5.74) is 6.77. The molecule has 5 heteroatoms. The third kappa shape index (κ3) is 2.03. The summed E-state index contributed by atoms with van der Waals surface area (Å²) in [5.74, 6) is 1.63. The fourth-order valence-corrected chi connectivity index (χ4v) is 2.18. The predicted molar refractivity (Wildman–Crippen MR) is 63.6 cm³/mol. The monoisotopic (exact) mass is 236 g/mol. The van der Waals surface area contributed by atoms with E-state index in [1.165, 1.54) is 0 Å². The Bertz CT molecular complexity index is 411. The maximum atomic E-state index is 5.64. The Morgan fingerprint density at radius 2 is 2.18 bits per heavy atom. The van der Waals surface area contributed by atoms with Gasteiger partial charge in [0.1, 0.15) is 0 Å². The maximum absolute atomic E-state index is 5.64. The molecule has 0 spiro atoms. The van der Waals surface area contributed by atoms with Gasteiger partial charge in [0.15, 0.2) is 11.5 Å². The second-order valence-electron chi connectivity index (χ2n) is 4.21. The van der Waals surface area contributed by atoms with E-state index in [-0.39, 0.29) is 6.10 Å². The van der Waals surface area contributed by atoms with Crippen LogP contribution in [0.25, 0.3) is 0 Å². The number of fused-ring (bicyclic) bond motifs is 1. The predicted octanol–water partition coefficient (Wildman–Crippen LogP) is 0.579. The van der Waals surface area contributed by atoms with E-state index >= 15 is 0 Å². The number of hydrogen-bond acceptors (Lipinski definition) is 5. The van der Waals surface area contributed by atoms with Gasteiger partial charge in [0.2, 0.25) is 6.79 Å². The summed E-state index contributed by atoms with van der Waals surface area (Å²) >= 11 is 0. The van der Waals surface area contributed by atoms with Crippen molar-refractivity contribution in [3.05, 3.63) is 18.2 Å². The van der Waals surface area contributed by atoms with Crippen molar-refractivity contribution in [3.63, 3.8) is 0 Å². The average molecular weight is 236 g/mol. The van der Waals surface area contributed by atoms with E-state index in [4.69, 9.17) is 19.9 Å². The summed E-state index contributed by atoms with van der Waals surface area (Å²) in [5, 5.41) is 0. The molecule has 92 valence electrons. The van der Waals surface area contributed by atoms with E-state index in [0.717, 1.165) is 36.9 Å². The number of benzene rings is 1. The number of morpholine rings is 1. The Hall–Kier alpha value is -1.46. The lowest BCUT2D eigenvalue weighted by molar-refractivity contribution is 0.0465. The Labute approximate surface area is 100 Å². The quantitative estimate of drug-likeness (QED) is 0.814. The van der Waals surface area contributed by atoms with Crippen LogP contribution in [0.5, 0.6) is 11.5 Å². The summed E-state index contributed by atoms with van der Waals surface area (Å²) in [7, 11) is 0. The van der Waals surface area contributed by atoms with Crippen molar-refractivity contribution in [1.29, 1.82) is 0 Å². The normalized spacial score (nSPS) is 22.9. The van der Waals surface area contributed by atoms with Gasteiger partial charge in [-0.1, -0.05) is 0 Å². The molecule has 1 atom stereocenters. The van der Waals surface area contributed by atoms with Crippen LogP contribution in [0.1, 0.15) is 0 Å². The van der Waals surface area contributed by atoms with Gasteiger partial charge < -0.3 is 24.8 Å². The van der Waals surface area contributed by atoms with Gasteiger partial charge in [-0.3, -0.25) is 0 Å². The molecule has 0 bridgehead atoms. The van der Waals surface area contributed by atoms with E-state index < -0.39 is 0 Å². The summed E-state index contributed by atoms with van der Waals surface area (Å²) in [6, 6.07) is 6.01. The fraction of sp³-hybridized carbons (Fsp3) is 0.500. The molecule has 1 fully saturated rings. The van der Waals surface area contributed by atoms with Gasteiger partial charge in [0, 0.05) is 31.4 Å². The number of hydrogen-bond donors (Lipinski definition) is 1. The van der Waals surface area contributed by atoms with E-state index in [0.29, 0.717) is 13.3 Å². The van der Waals surface area contributed by atoms with Crippen LogP contribution in [0, 0.1) is 0 Å². The van der Waals surface area contributed by atoms with Gasteiger partial charge in [-0.2, -0.15) is 0 Å². The van der Waals surface area contributed by atoms with Crippen molar-refractivity contribution >= 4 is 5.69 Å². The van der Waals surface area contributed by atoms with Crippen LogP contribution in [0.2, 0.25) is 0 Å². The lowest BCUT2D eigenvalue weighted by Crippen LogP contribution is -2.45. The van der Waals surface area contributed by atoms with Crippen LogP contribution >= 0.6 is 0 Å². The zero-order chi connectivity index (χ0) is 11.7. The van der Waals surface area contributed by atoms with Crippen LogP contribution in [0.3, 0.4) is 0 Å². The van der Waals surface area contributed by atoms with Crippen molar-refractivity contribution in [2.45, 2.75) is 6.10 Å². The van der Waals surface area contributed by atoms with Gasteiger partial charge in [-0.15, -0.1) is 0 Å². The third-order valence-electron chi connectivity index (χ3n) is 3.12. The molecule has 0 radical (unpaired) electrons. The zero-order valence-corrected chi connectivity index (χ0v) is 9.59. The molecular weight excluding hydrogens is 220 g/mol. The topological polar surface area (TPSA) is 57.0 Å². The summed E-state index contributed by atoms with van der Waals surface area (Å²) in [6.07, 6.45) is 0.120. The number of nitrogens with two attached hydrogens (primary N) is 1. The molecule has 2 aliphatic heterocycles. The molecule has 2 heterocycles. The molecule has 0 aliphatic carbocycles. The van der Waals surface area contributed by atoms with Gasteiger partial charge in [0.05, 0.1) is 12.7 Å². The second-order valence-corrected chi connectivity index (χ2v) is 4.21. The second kappa shape index (κ2) is 4.43. The molecule has 2 N–H and O–H groups in total. The molecule has 17 heavy (non-hydrogen) atoms. The first kappa shape index (κ1) is 10.7. The minimum atomic E-state index is 0.120. The number of anilines is 1. The van der Waals surface area contributed by atoms with Gasteiger partial charge in [-0.05, 0) is 12.1 Å². The Balaban J connectivity index is 1.79. The molecule has 1 aromatic rings. The van der Waals surface area contributed by atoms with E-state index in [1.807, 2.05) is 18.2 Å². The highest BCUT2D eigenvalue weighted by atomic mass is 16.7. The van der Waals surface area contributed by atoms with Crippen molar-refractivity contribution in [1.82, 2.24) is 0 Å². The number of rotatable bonds is 2. The van der Waals surface area contributed by atoms with Crippen LogP contribution in [0.4, 0.5) is 5.69 Å². The number of nitrogens with zero attached hydrogens (tertiary/aromatic N) is 1. The van der Waals surface area contributed by atoms with Crippen LogP contribution < -0.4 is 20.1 Å². The Kier molecular flexibility index (Phi) is 2.78. The largest absolute Gasteiger partial charge is 0.454 e. The molecule has 0 aromatic heterocycles. The first-order valence-corrected chi connectivity index (χ1v) is 5.83. The van der Waals surface area contributed by atoms with E-state index in [9.17, 15) is 0 Å². The molecule has 0 saturated carbocycles. The van der Waals surface area contributed by atoms with Crippen molar-refractivity contribution in [2.24, 2.45) is 5.73 Å². The molecule has 1 unspecified atom stereocenters. The molecule has 2 aliphatic rings. The average Bonchev–Trinajstić information content (AvgIpc) is 2.86. The summed E-state index contributed by atoms with van der Waals surface area (Å²) < 4.78 is 16.2.